The summed E-state index contributed by atoms with van der Waals surface area (Å²) >= 11 is 0. The first-order chi connectivity index (χ1) is 19.7. The Balaban J connectivity index is 1.72. The number of nitrogens with one attached hydrogen (secondary N) is 1. The Morgan fingerprint density at radius 2 is 1.61 bits per heavy atom. The predicted octanol–water partition coefficient (Wildman–Crippen LogP) is 4.66. The molecule has 0 saturated heterocycles. The second kappa shape index (κ2) is 13.4. The van der Waals surface area contributed by atoms with Gasteiger partial charge in [0.2, 0.25) is 11.8 Å². The van der Waals surface area contributed by atoms with Crippen molar-refractivity contribution in [3.8, 4) is 0 Å². The summed E-state index contributed by atoms with van der Waals surface area (Å²) in [4.78, 5) is 39.7. The second-order valence-corrected chi connectivity index (χ2v) is 11.9. The van der Waals surface area contributed by atoms with Crippen LogP contribution in [-0.2, 0) is 26.2 Å². The van der Waals surface area contributed by atoms with Crippen LogP contribution in [0.1, 0.15) is 44.6 Å². The molecule has 2 amide bonds. The summed E-state index contributed by atoms with van der Waals surface area (Å²) in [7, 11) is -4.31. The average molecular weight is 579 g/mol. The molecule has 1 aliphatic rings. The number of nitrogens with zero attached hydrogens (tertiary/aromatic N) is 3. The van der Waals surface area contributed by atoms with Crippen LogP contribution in [0.5, 0.6) is 0 Å². The Morgan fingerprint density at radius 1 is 0.976 bits per heavy atom. The standard InChI is InChI=1S/C30H34N4O6S/c1-2-28(30(36)31-24-14-9-10-15-24)32(21-23-12-5-3-6-13-23)29(35)22-33(25-16-11-17-26(20-25)34(37)38)41(39,40)27-18-7-4-8-19-27/h3-8,11-13,16-20,24,28H,2,9-10,14-15,21-22H2,1H3,(H,31,36)/t28-/m0/s1. The van der Waals surface area contributed by atoms with E-state index in [1.807, 2.05) is 37.3 Å². The lowest BCUT2D eigenvalue weighted by Crippen LogP contribution is -2.53. The van der Waals surface area contributed by atoms with Gasteiger partial charge in [-0.25, -0.2) is 8.42 Å². The van der Waals surface area contributed by atoms with E-state index in [-0.39, 0.29) is 34.8 Å². The van der Waals surface area contributed by atoms with Crippen LogP contribution in [0.4, 0.5) is 11.4 Å². The van der Waals surface area contributed by atoms with Gasteiger partial charge in [-0.3, -0.25) is 24.0 Å². The van der Waals surface area contributed by atoms with Crippen molar-refractivity contribution in [2.75, 3.05) is 10.8 Å². The van der Waals surface area contributed by atoms with Crippen LogP contribution < -0.4 is 9.62 Å². The minimum atomic E-state index is -4.31. The molecular weight excluding hydrogens is 544 g/mol. The van der Waals surface area contributed by atoms with Gasteiger partial charge in [0, 0.05) is 24.7 Å². The highest BCUT2D eigenvalue weighted by atomic mass is 32.2. The number of nitro groups is 1. The number of anilines is 1. The number of carbonyl (C=O) groups is 2. The SMILES string of the molecule is CC[C@@H](C(=O)NC1CCCC1)N(Cc1ccccc1)C(=O)CN(c1cccc([N+](=O)[O-])c1)S(=O)(=O)c1ccccc1. The maximum atomic E-state index is 14.1. The lowest BCUT2D eigenvalue weighted by molar-refractivity contribution is -0.384. The normalized spacial score (nSPS) is 14.3. The van der Waals surface area contributed by atoms with Crippen molar-refractivity contribution < 1.29 is 22.9 Å². The largest absolute Gasteiger partial charge is 0.352 e. The van der Waals surface area contributed by atoms with Crippen LogP contribution in [0.3, 0.4) is 0 Å². The number of carbonyl (C=O) groups excluding carboxylic acids is 2. The third-order valence-corrected chi connectivity index (χ3v) is 9.01. The molecule has 0 spiro atoms. The second-order valence-electron chi connectivity index (χ2n) is 10.0. The van der Waals surface area contributed by atoms with Gasteiger partial charge < -0.3 is 10.2 Å². The fraction of sp³-hybridized carbons (Fsp3) is 0.333. The van der Waals surface area contributed by atoms with Crippen molar-refractivity contribution in [2.45, 2.75) is 62.6 Å². The Hall–Kier alpha value is -4.25. The fourth-order valence-electron chi connectivity index (χ4n) is 5.08. The third kappa shape index (κ3) is 7.29. The summed E-state index contributed by atoms with van der Waals surface area (Å²) in [6, 6.07) is 21.1. The van der Waals surface area contributed by atoms with Crippen molar-refractivity contribution in [1.82, 2.24) is 10.2 Å². The van der Waals surface area contributed by atoms with E-state index < -0.39 is 33.4 Å². The van der Waals surface area contributed by atoms with E-state index in [4.69, 9.17) is 0 Å². The number of hydrogen-bond donors (Lipinski definition) is 1. The molecule has 41 heavy (non-hydrogen) atoms. The number of non-ortho nitro benzene ring substituents is 1. The number of nitro benzene ring substituents is 1. The molecule has 11 heteroatoms. The Kier molecular flexibility index (Phi) is 9.72. The van der Waals surface area contributed by atoms with Crippen LogP contribution in [0.25, 0.3) is 0 Å². The zero-order valence-corrected chi connectivity index (χ0v) is 23.7. The van der Waals surface area contributed by atoms with Gasteiger partial charge in [0.25, 0.3) is 15.7 Å². The van der Waals surface area contributed by atoms with Crippen molar-refractivity contribution in [1.29, 1.82) is 0 Å². The molecule has 1 atom stereocenters. The Labute approximate surface area is 240 Å². The fourth-order valence-corrected chi connectivity index (χ4v) is 6.50. The minimum Gasteiger partial charge on any atom is -0.352 e. The molecule has 3 aromatic rings. The van der Waals surface area contributed by atoms with Gasteiger partial charge in [-0.05, 0) is 43.0 Å². The van der Waals surface area contributed by atoms with E-state index in [1.54, 1.807) is 18.2 Å². The molecule has 1 aliphatic carbocycles. The van der Waals surface area contributed by atoms with Gasteiger partial charge in [0.15, 0.2) is 0 Å². The average Bonchev–Trinajstić information content (AvgIpc) is 3.49. The van der Waals surface area contributed by atoms with Gasteiger partial charge in [-0.2, -0.15) is 0 Å². The Bertz CT molecular complexity index is 1460. The highest BCUT2D eigenvalue weighted by Gasteiger charge is 2.34. The number of sulfonamides is 1. The minimum absolute atomic E-state index is 0.0282. The first-order valence-electron chi connectivity index (χ1n) is 13.7. The molecule has 1 fully saturated rings. The smallest absolute Gasteiger partial charge is 0.271 e. The molecule has 0 aromatic heterocycles. The Morgan fingerprint density at radius 3 is 2.22 bits per heavy atom. The quantitative estimate of drug-likeness (QED) is 0.246. The maximum absolute atomic E-state index is 14.1. The number of benzene rings is 3. The topological polar surface area (TPSA) is 130 Å². The van der Waals surface area contributed by atoms with E-state index in [0.717, 1.165) is 41.6 Å². The molecule has 0 bridgehead atoms. The summed E-state index contributed by atoms with van der Waals surface area (Å²) in [6.07, 6.45) is 4.14. The third-order valence-electron chi connectivity index (χ3n) is 7.22. The van der Waals surface area contributed by atoms with E-state index in [2.05, 4.69) is 5.32 Å². The summed E-state index contributed by atoms with van der Waals surface area (Å²) in [5.41, 5.74) is 0.437. The summed E-state index contributed by atoms with van der Waals surface area (Å²) in [6.45, 7) is 1.24. The highest BCUT2D eigenvalue weighted by Crippen LogP contribution is 2.28. The summed E-state index contributed by atoms with van der Waals surface area (Å²) in [5, 5.41) is 14.6. The maximum Gasteiger partial charge on any atom is 0.271 e. The van der Waals surface area contributed by atoms with Crippen LogP contribution in [0.2, 0.25) is 0 Å². The molecular formula is C30H34N4O6S. The van der Waals surface area contributed by atoms with E-state index in [0.29, 0.717) is 6.42 Å². The summed E-state index contributed by atoms with van der Waals surface area (Å²) < 4.78 is 28.6. The first-order valence-corrected chi connectivity index (χ1v) is 15.1. The van der Waals surface area contributed by atoms with Crippen LogP contribution in [0, 0.1) is 10.1 Å². The van der Waals surface area contributed by atoms with Gasteiger partial charge in [-0.15, -0.1) is 0 Å². The molecule has 0 heterocycles. The lowest BCUT2D eigenvalue weighted by Gasteiger charge is -2.33. The zero-order valence-electron chi connectivity index (χ0n) is 22.9. The van der Waals surface area contributed by atoms with Crippen LogP contribution >= 0.6 is 0 Å². The van der Waals surface area contributed by atoms with E-state index in [1.165, 1.54) is 35.2 Å². The monoisotopic (exact) mass is 578 g/mol. The number of rotatable bonds is 12. The van der Waals surface area contributed by atoms with Crippen molar-refractivity contribution in [2.24, 2.45) is 0 Å². The van der Waals surface area contributed by atoms with Crippen LogP contribution in [-0.4, -0.2) is 48.7 Å². The van der Waals surface area contributed by atoms with Crippen LogP contribution in [0.15, 0.2) is 89.8 Å². The van der Waals surface area contributed by atoms with Crippen molar-refractivity contribution >= 4 is 33.2 Å². The number of hydrogen-bond acceptors (Lipinski definition) is 6. The van der Waals surface area contributed by atoms with E-state index >= 15 is 0 Å². The van der Waals surface area contributed by atoms with Crippen molar-refractivity contribution in [3.05, 3.63) is 101 Å². The molecule has 3 aromatic carbocycles. The molecule has 0 aliphatic heterocycles. The van der Waals surface area contributed by atoms with Gasteiger partial charge in [0.1, 0.15) is 12.6 Å². The van der Waals surface area contributed by atoms with Gasteiger partial charge in [-0.1, -0.05) is 74.4 Å². The first kappa shape index (κ1) is 29.7. The molecule has 1 N–H and O–H groups in total. The molecule has 10 nitrogen and oxygen atoms in total. The molecule has 216 valence electrons. The highest BCUT2D eigenvalue weighted by molar-refractivity contribution is 7.92. The molecule has 4 rings (SSSR count). The molecule has 0 unspecified atom stereocenters. The van der Waals surface area contributed by atoms with Gasteiger partial charge >= 0.3 is 0 Å². The zero-order chi connectivity index (χ0) is 29.4. The van der Waals surface area contributed by atoms with Crippen molar-refractivity contribution in [3.63, 3.8) is 0 Å². The summed E-state index contributed by atoms with van der Waals surface area (Å²) in [5.74, 6) is -0.884. The van der Waals surface area contributed by atoms with E-state index in [9.17, 15) is 28.1 Å². The molecule has 1 saturated carbocycles. The lowest BCUT2D eigenvalue weighted by atomic mass is 10.1. The predicted molar refractivity (Wildman–Crippen MR) is 156 cm³/mol. The molecule has 0 radical (unpaired) electrons. The van der Waals surface area contributed by atoms with Gasteiger partial charge in [0.05, 0.1) is 15.5 Å². The number of amides is 2.